The third-order valence-corrected chi connectivity index (χ3v) is 5.03. The molecular weight excluding hydrogens is 499 g/mol. The number of methoxy groups -OCH3 is 1. The summed E-state index contributed by atoms with van der Waals surface area (Å²) in [4.78, 5) is 15.2. The fourth-order valence-corrected chi connectivity index (χ4v) is 2.85. The number of thioether (sulfide) groups is 1. The van der Waals surface area contributed by atoms with Crippen LogP contribution >= 0.6 is 11.8 Å². The number of nitrogens with zero attached hydrogens (tertiary/aromatic N) is 2. The van der Waals surface area contributed by atoms with Crippen molar-refractivity contribution in [3.8, 4) is 5.75 Å². The van der Waals surface area contributed by atoms with E-state index in [1.807, 2.05) is 0 Å². The van der Waals surface area contributed by atoms with Crippen LogP contribution in [0.25, 0.3) is 4.91 Å². The van der Waals surface area contributed by atoms with Crippen LogP contribution < -0.4 is 4.74 Å². The maximum atomic E-state index is 13.1. The fourth-order valence-electron chi connectivity index (χ4n) is 2.00. The molecule has 0 saturated heterocycles. The third kappa shape index (κ3) is 13.5. The maximum Gasteiger partial charge on any atom is 0.212 e. The zero-order valence-electron chi connectivity index (χ0n) is 20.7. The normalized spacial score (nSPS) is 11.4. The Morgan fingerprint density at radius 1 is 1.19 bits per heavy atom. The number of benzene rings is 1. The average molecular weight is 529 g/mol. The monoisotopic (exact) mass is 528 g/mol. The first-order valence-electron chi connectivity index (χ1n) is 10.3. The van der Waals surface area contributed by atoms with E-state index in [0.717, 1.165) is 28.5 Å². The molecule has 1 aromatic carbocycles. The molecule has 4 nitrogen and oxygen atoms in total. The molecule has 10 heteroatoms. The van der Waals surface area contributed by atoms with Gasteiger partial charge in [-0.05, 0) is 32.0 Å². The zero-order chi connectivity index (χ0) is 27.7. The minimum absolute atomic E-state index is 0.0920. The van der Waals surface area contributed by atoms with Gasteiger partial charge in [0.05, 0.1) is 13.4 Å². The van der Waals surface area contributed by atoms with E-state index >= 15 is 0 Å². The number of allylic oxidation sites excluding steroid dienone is 5. The summed E-state index contributed by atoms with van der Waals surface area (Å²) in [5.41, 5.74) is 1.41. The second kappa shape index (κ2) is 18.0. The van der Waals surface area contributed by atoms with Gasteiger partial charge in [-0.2, -0.15) is 4.39 Å². The summed E-state index contributed by atoms with van der Waals surface area (Å²) in [7, 11) is 4.88. The van der Waals surface area contributed by atoms with Gasteiger partial charge in [-0.25, -0.2) is 22.5 Å². The summed E-state index contributed by atoms with van der Waals surface area (Å²) in [6, 6.07) is 7.33. The largest absolute Gasteiger partial charge is 0.496 e. The van der Waals surface area contributed by atoms with Gasteiger partial charge in [0.25, 0.3) is 0 Å². The quantitative estimate of drug-likeness (QED) is 0.153. The number of carbonyl (C=O) groups excluding carboxylic acids is 1. The van der Waals surface area contributed by atoms with Crippen molar-refractivity contribution in [2.24, 2.45) is 0 Å². The summed E-state index contributed by atoms with van der Waals surface area (Å²) < 4.78 is 67.3. The highest BCUT2D eigenvalue weighted by molar-refractivity contribution is 8.07. The van der Waals surface area contributed by atoms with Gasteiger partial charge in [-0.3, -0.25) is 4.79 Å². The lowest BCUT2D eigenvalue weighted by molar-refractivity contribution is -0.115. The van der Waals surface area contributed by atoms with Gasteiger partial charge in [0.15, 0.2) is 0 Å². The molecule has 0 spiro atoms. The Hall–Kier alpha value is -3.40. The van der Waals surface area contributed by atoms with Crippen molar-refractivity contribution in [2.75, 3.05) is 21.2 Å². The lowest BCUT2D eigenvalue weighted by Gasteiger charge is -2.09. The van der Waals surface area contributed by atoms with Gasteiger partial charge in [0.1, 0.15) is 23.2 Å². The first kappa shape index (κ1) is 32.6. The van der Waals surface area contributed by atoms with E-state index in [2.05, 4.69) is 11.6 Å². The molecule has 0 N–H and O–H groups in total. The summed E-state index contributed by atoms with van der Waals surface area (Å²) in [5.74, 6) is -1.39. The average Bonchev–Trinajstić information content (AvgIpc) is 2.88. The summed E-state index contributed by atoms with van der Waals surface area (Å²) in [5, 5.41) is 0. The molecule has 2 aromatic rings. The number of rotatable bonds is 8. The van der Waals surface area contributed by atoms with Gasteiger partial charge in [-0.1, -0.05) is 18.7 Å². The number of carbonyl (C=O) groups is 1. The van der Waals surface area contributed by atoms with Crippen molar-refractivity contribution >= 4 is 23.1 Å². The van der Waals surface area contributed by atoms with Crippen LogP contribution in [0.3, 0.4) is 0 Å². The molecular formula is C26H29F5N2O2S. The number of pyridine rings is 1. The number of ether oxygens (including phenoxy) is 1. The lowest BCUT2D eigenvalue weighted by Crippen LogP contribution is -2.06. The topological polar surface area (TPSA) is 42.4 Å². The van der Waals surface area contributed by atoms with Crippen molar-refractivity contribution in [1.82, 2.24) is 9.88 Å². The number of hydrogen-bond donors (Lipinski definition) is 0. The van der Waals surface area contributed by atoms with Crippen molar-refractivity contribution in [3.05, 3.63) is 102 Å². The van der Waals surface area contributed by atoms with Gasteiger partial charge < -0.3 is 9.64 Å². The summed E-state index contributed by atoms with van der Waals surface area (Å²) >= 11 is 1.46. The molecule has 0 aliphatic rings. The highest BCUT2D eigenvalue weighted by Gasteiger charge is 2.07. The van der Waals surface area contributed by atoms with Crippen molar-refractivity contribution in [2.45, 2.75) is 19.6 Å². The van der Waals surface area contributed by atoms with E-state index in [-0.39, 0.29) is 17.7 Å². The number of amides is 1. The van der Waals surface area contributed by atoms with Crippen LogP contribution in [0.1, 0.15) is 25.0 Å². The molecule has 0 radical (unpaired) electrons. The molecule has 1 amide bonds. The lowest BCUT2D eigenvalue weighted by atomic mass is 10.2. The fraction of sp³-hybridized carbons (Fsp3) is 0.231. The Labute approximate surface area is 212 Å². The Morgan fingerprint density at radius 3 is 2.31 bits per heavy atom. The number of halogens is 5. The van der Waals surface area contributed by atoms with Crippen molar-refractivity contribution in [1.29, 1.82) is 0 Å². The maximum absolute atomic E-state index is 13.1. The van der Waals surface area contributed by atoms with Crippen LogP contribution in [0.2, 0.25) is 0 Å². The van der Waals surface area contributed by atoms with Crippen molar-refractivity contribution in [3.63, 3.8) is 0 Å². The highest BCUT2D eigenvalue weighted by atomic mass is 32.2. The van der Waals surface area contributed by atoms with E-state index in [1.165, 1.54) is 62.0 Å². The number of aromatic nitrogens is 1. The van der Waals surface area contributed by atoms with Gasteiger partial charge in [-0.15, -0.1) is 11.8 Å². The molecule has 1 aromatic heterocycles. The predicted molar refractivity (Wildman–Crippen MR) is 136 cm³/mol. The molecule has 0 aliphatic carbocycles. The molecule has 36 heavy (non-hydrogen) atoms. The van der Waals surface area contributed by atoms with Crippen LogP contribution in [0.15, 0.2) is 78.8 Å². The van der Waals surface area contributed by atoms with Crippen molar-refractivity contribution < 1.29 is 31.5 Å². The highest BCUT2D eigenvalue weighted by Crippen LogP contribution is 2.31. The molecule has 0 bridgehead atoms. The second-order valence-corrected chi connectivity index (χ2v) is 8.13. The first-order chi connectivity index (χ1) is 17.0. The third-order valence-electron chi connectivity index (χ3n) is 3.99. The van der Waals surface area contributed by atoms with E-state index < -0.39 is 17.6 Å². The molecule has 0 fully saturated rings. The summed E-state index contributed by atoms with van der Waals surface area (Å²) in [6.07, 6.45) is 4.00. The predicted octanol–water partition coefficient (Wildman–Crippen LogP) is 7.56. The van der Waals surface area contributed by atoms with E-state index in [9.17, 15) is 26.7 Å². The minimum atomic E-state index is -0.900. The summed E-state index contributed by atoms with van der Waals surface area (Å²) in [6.45, 7) is 6.57. The Morgan fingerprint density at radius 2 is 1.83 bits per heavy atom. The molecule has 0 atom stereocenters. The zero-order valence-corrected chi connectivity index (χ0v) is 21.5. The van der Waals surface area contributed by atoms with Crippen LogP contribution in [0.4, 0.5) is 22.0 Å². The van der Waals surface area contributed by atoms with Crippen LogP contribution in [-0.2, 0) is 10.5 Å². The van der Waals surface area contributed by atoms with E-state index in [1.54, 1.807) is 26.2 Å². The smallest absolute Gasteiger partial charge is 0.212 e. The Kier molecular flexibility index (Phi) is 16.3. The van der Waals surface area contributed by atoms with Gasteiger partial charge in [0.2, 0.25) is 12.4 Å². The van der Waals surface area contributed by atoms with Crippen LogP contribution in [0.5, 0.6) is 5.75 Å². The number of hydrogen-bond acceptors (Lipinski definition) is 4. The Bertz CT molecular complexity index is 1070. The van der Waals surface area contributed by atoms with Crippen LogP contribution in [-0.4, -0.2) is 37.5 Å². The first-order valence-corrected chi connectivity index (χ1v) is 11.3. The molecule has 0 unspecified atom stereocenters. The molecule has 196 valence electrons. The van der Waals surface area contributed by atoms with Gasteiger partial charge in [0, 0.05) is 59.8 Å². The van der Waals surface area contributed by atoms with E-state index in [0.29, 0.717) is 17.6 Å². The SMILES string of the molecule is C=C(SCc1ccc(F)cc1OC)c1ccc(F)nc1.CN(C)C=O.C\C=C(F)/C=C(F)\C(C)=C\F. The minimum Gasteiger partial charge on any atom is -0.496 e. The van der Waals surface area contributed by atoms with Crippen LogP contribution in [0, 0.1) is 11.8 Å². The molecule has 1 heterocycles. The molecule has 0 aliphatic heterocycles. The van der Waals surface area contributed by atoms with E-state index in [4.69, 9.17) is 4.74 Å². The molecule has 0 saturated carbocycles. The standard InChI is InChI=1S/C15H13F2NOS.C8H9F3.C3H7NO/c1-10(11-4-6-15(17)18-8-11)20-9-12-3-5-13(16)7-14(12)19-2;1-3-7(10)4-8(11)6(2)5-9;1-4(2)3-5/h3-8H,1,9H2,2H3;3-5H,1-2H3;3H,1-2H3/b;6-5+,7-3+,8-4+;. The van der Waals surface area contributed by atoms with Gasteiger partial charge >= 0.3 is 0 Å². The molecule has 2 rings (SSSR count). The second-order valence-electron chi connectivity index (χ2n) is 7.06. The Balaban J connectivity index is 0.000000645.